The molecule has 0 aliphatic rings. The predicted molar refractivity (Wildman–Crippen MR) is 87.3 cm³/mol. The molecule has 5 heteroatoms. The van der Waals surface area contributed by atoms with E-state index in [4.69, 9.17) is 17.3 Å². The number of rotatable bonds is 6. The minimum absolute atomic E-state index is 0.0877. The molecule has 0 saturated heterocycles. The Kier molecular flexibility index (Phi) is 5.26. The maximum absolute atomic E-state index is 12.3. The smallest absolute Gasteiger partial charge is 0.180 e. The Morgan fingerprint density at radius 2 is 1.71 bits per heavy atom. The van der Waals surface area contributed by atoms with E-state index >= 15 is 0 Å². The van der Waals surface area contributed by atoms with Crippen molar-refractivity contribution < 1.29 is 8.42 Å². The van der Waals surface area contributed by atoms with Crippen LogP contribution in [0.25, 0.3) is 0 Å². The van der Waals surface area contributed by atoms with E-state index < -0.39 is 9.84 Å². The Morgan fingerprint density at radius 3 is 2.43 bits per heavy atom. The number of unbranched alkanes of at least 4 members (excludes halogenated alkanes) is 1. The quantitative estimate of drug-likeness (QED) is 0.651. The zero-order valence-corrected chi connectivity index (χ0v) is 13.2. The number of anilines is 1. The Labute approximate surface area is 130 Å². The van der Waals surface area contributed by atoms with Crippen molar-refractivity contribution in [2.45, 2.75) is 24.2 Å². The van der Waals surface area contributed by atoms with Gasteiger partial charge in [-0.1, -0.05) is 41.9 Å². The van der Waals surface area contributed by atoms with Crippen LogP contribution in [0.2, 0.25) is 5.02 Å². The molecule has 0 radical (unpaired) electrons. The second-order valence-electron chi connectivity index (χ2n) is 4.94. The minimum atomic E-state index is -3.38. The molecule has 0 spiro atoms. The first-order chi connectivity index (χ1) is 9.99. The van der Waals surface area contributed by atoms with Crippen molar-refractivity contribution >= 4 is 27.1 Å². The van der Waals surface area contributed by atoms with Gasteiger partial charge in [0.1, 0.15) is 0 Å². The van der Waals surface area contributed by atoms with Gasteiger partial charge in [-0.2, -0.15) is 0 Å². The highest BCUT2D eigenvalue weighted by Gasteiger charge is 2.17. The number of aryl methyl sites for hydroxylation is 1. The summed E-state index contributed by atoms with van der Waals surface area (Å²) in [5.74, 6) is 0.0877. The lowest BCUT2D eigenvalue weighted by Crippen LogP contribution is -2.09. The molecular weight excluding hydrogens is 306 g/mol. The molecule has 112 valence electrons. The molecule has 2 N–H and O–H groups in total. The van der Waals surface area contributed by atoms with E-state index in [1.165, 1.54) is 17.7 Å². The largest absolute Gasteiger partial charge is 0.398 e. The topological polar surface area (TPSA) is 60.2 Å². The molecule has 0 amide bonds. The van der Waals surface area contributed by atoms with Gasteiger partial charge in [-0.05, 0) is 43.0 Å². The number of nitrogens with two attached hydrogens (primary N) is 1. The van der Waals surface area contributed by atoms with Gasteiger partial charge in [0.2, 0.25) is 0 Å². The molecule has 2 aromatic rings. The van der Waals surface area contributed by atoms with Gasteiger partial charge in [0, 0.05) is 5.02 Å². The zero-order chi connectivity index (χ0) is 15.3. The molecule has 0 heterocycles. The van der Waals surface area contributed by atoms with Crippen LogP contribution in [0, 0.1) is 0 Å². The molecule has 3 nitrogen and oxygen atoms in total. The van der Waals surface area contributed by atoms with E-state index in [-0.39, 0.29) is 16.3 Å². The summed E-state index contributed by atoms with van der Waals surface area (Å²) in [4.78, 5) is 0.134. The molecule has 0 aliphatic heterocycles. The lowest BCUT2D eigenvalue weighted by molar-refractivity contribution is 0.592. The Bertz CT molecular complexity index is 699. The van der Waals surface area contributed by atoms with E-state index in [1.807, 2.05) is 30.3 Å². The minimum Gasteiger partial charge on any atom is -0.398 e. The molecule has 0 atom stereocenters. The summed E-state index contributed by atoms with van der Waals surface area (Å²) < 4.78 is 24.6. The van der Waals surface area contributed by atoms with Crippen molar-refractivity contribution in [2.24, 2.45) is 0 Å². The van der Waals surface area contributed by atoms with Crippen molar-refractivity contribution in [2.75, 3.05) is 11.5 Å². The summed E-state index contributed by atoms with van der Waals surface area (Å²) in [6, 6.07) is 14.6. The van der Waals surface area contributed by atoms with Crippen molar-refractivity contribution in [1.82, 2.24) is 0 Å². The van der Waals surface area contributed by atoms with Gasteiger partial charge >= 0.3 is 0 Å². The fraction of sp³-hybridized carbons (Fsp3) is 0.250. The van der Waals surface area contributed by atoms with Crippen molar-refractivity contribution in [3.8, 4) is 0 Å². The lowest BCUT2D eigenvalue weighted by Gasteiger charge is -2.08. The number of nitrogen functional groups attached to an aromatic ring is 1. The van der Waals surface area contributed by atoms with Crippen LogP contribution in [0.4, 0.5) is 5.69 Å². The first-order valence-electron chi connectivity index (χ1n) is 6.81. The van der Waals surface area contributed by atoms with Gasteiger partial charge < -0.3 is 5.73 Å². The average Bonchev–Trinajstić information content (AvgIpc) is 2.47. The summed E-state index contributed by atoms with van der Waals surface area (Å²) in [5, 5.41) is 0.382. The third kappa shape index (κ3) is 4.48. The van der Waals surface area contributed by atoms with Crippen LogP contribution < -0.4 is 5.73 Å². The number of hydrogen-bond acceptors (Lipinski definition) is 3. The van der Waals surface area contributed by atoms with Gasteiger partial charge in [-0.15, -0.1) is 0 Å². The Morgan fingerprint density at radius 1 is 1.00 bits per heavy atom. The molecule has 0 saturated carbocycles. The SMILES string of the molecule is Nc1ccc(Cl)cc1S(=O)(=O)CCCCc1ccccc1. The van der Waals surface area contributed by atoms with Crippen LogP contribution in [0.1, 0.15) is 18.4 Å². The van der Waals surface area contributed by atoms with E-state index in [2.05, 4.69) is 0 Å². The van der Waals surface area contributed by atoms with E-state index in [0.29, 0.717) is 11.4 Å². The molecule has 0 unspecified atom stereocenters. The lowest BCUT2D eigenvalue weighted by atomic mass is 10.1. The number of sulfone groups is 1. The van der Waals surface area contributed by atoms with Crippen molar-refractivity contribution in [3.05, 3.63) is 59.1 Å². The van der Waals surface area contributed by atoms with Crippen LogP contribution in [-0.2, 0) is 16.3 Å². The maximum Gasteiger partial charge on any atom is 0.180 e. The Hall–Kier alpha value is -1.52. The molecule has 0 bridgehead atoms. The van der Waals surface area contributed by atoms with Crippen LogP contribution in [-0.4, -0.2) is 14.2 Å². The van der Waals surface area contributed by atoms with Gasteiger partial charge in [-0.25, -0.2) is 8.42 Å². The van der Waals surface area contributed by atoms with E-state index in [0.717, 1.165) is 12.8 Å². The van der Waals surface area contributed by atoms with Crippen LogP contribution >= 0.6 is 11.6 Å². The highest BCUT2D eigenvalue weighted by Crippen LogP contribution is 2.24. The molecular formula is C16H18ClNO2S. The second-order valence-corrected chi connectivity index (χ2v) is 7.46. The van der Waals surface area contributed by atoms with Crippen LogP contribution in [0.5, 0.6) is 0 Å². The van der Waals surface area contributed by atoms with Gasteiger partial charge in [-0.3, -0.25) is 0 Å². The summed E-state index contributed by atoms with van der Waals surface area (Å²) in [6.45, 7) is 0. The third-order valence-corrected chi connectivity index (χ3v) is 5.37. The average molecular weight is 324 g/mol. The van der Waals surface area contributed by atoms with E-state index in [9.17, 15) is 8.42 Å². The fourth-order valence-corrected chi connectivity index (χ4v) is 3.93. The van der Waals surface area contributed by atoms with Crippen LogP contribution in [0.3, 0.4) is 0 Å². The molecule has 0 aromatic heterocycles. The number of benzene rings is 2. The highest BCUT2D eigenvalue weighted by atomic mass is 35.5. The fourth-order valence-electron chi connectivity index (χ4n) is 2.15. The summed E-state index contributed by atoms with van der Waals surface area (Å²) in [7, 11) is -3.38. The monoisotopic (exact) mass is 323 g/mol. The van der Waals surface area contributed by atoms with Crippen molar-refractivity contribution in [1.29, 1.82) is 0 Å². The van der Waals surface area contributed by atoms with Gasteiger partial charge in [0.15, 0.2) is 9.84 Å². The first kappa shape index (κ1) is 15.9. The predicted octanol–water partition coefficient (Wildman–Crippen LogP) is 3.72. The standard InChI is InChI=1S/C16H18ClNO2S/c17-14-9-10-15(18)16(12-14)21(19,20)11-5-4-8-13-6-2-1-3-7-13/h1-3,6-7,9-10,12H,4-5,8,11,18H2. The molecule has 21 heavy (non-hydrogen) atoms. The van der Waals surface area contributed by atoms with E-state index in [1.54, 1.807) is 6.07 Å². The molecule has 2 aromatic carbocycles. The summed E-state index contributed by atoms with van der Waals surface area (Å²) >= 11 is 5.84. The highest BCUT2D eigenvalue weighted by molar-refractivity contribution is 7.91. The number of halogens is 1. The normalized spacial score (nSPS) is 11.5. The third-order valence-electron chi connectivity index (χ3n) is 3.28. The van der Waals surface area contributed by atoms with Gasteiger partial charge in [0.05, 0.1) is 16.3 Å². The van der Waals surface area contributed by atoms with Crippen LogP contribution in [0.15, 0.2) is 53.4 Å². The second kappa shape index (κ2) is 6.96. The Balaban J connectivity index is 1.94. The van der Waals surface area contributed by atoms with Gasteiger partial charge in [0.25, 0.3) is 0 Å². The molecule has 0 fully saturated rings. The molecule has 0 aliphatic carbocycles. The van der Waals surface area contributed by atoms with Crippen molar-refractivity contribution in [3.63, 3.8) is 0 Å². The summed E-state index contributed by atoms with van der Waals surface area (Å²) in [6.07, 6.45) is 2.30. The summed E-state index contributed by atoms with van der Waals surface area (Å²) in [5.41, 5.74) is 7.20. The molecule has 2 rings (SSSR count). The number of hydrogen-bond donors (Lipinski definition) is 1. The zero-order valence-electron chi connectivity index (χ0n) is 11.6. The first-order valence-corrected chi connectivity index (χ1v) is 8.84. The maximum atomic E-state index is 12.3.